The number of non-ortho nitro benzene ring substituents is 1. The number of ketones is 1. The van der Waals surface area contributed by atoms with Gasteiger partial charge in [0.15, 0.2) is 0 Å². The molecule has 1 aliphatic heterocycles. The first-order valence-electron chi connectivity index (χ1n) is 10.3. The van der Waals surface area contributed by atoms with Crippen molar-refractivity contribution in [1.29, 1.82) is 0 Å². The Morgan fingerprint density at radius 1 is 1.09 bits per heavy atom. The van der Waals surface area contributed by atoms with Gasteiger partial charge < -0.3 is 24.6 Å². The molecule has 0 aromatic heterocycles. The third kappa shape index (κ3) is 5.18. The molecular weight excluding hydrogens is 432 g/mol. The summed E-state index contributed by atoms with van der Waals surface area (Å²) < 4.78 is 10.6. The number of nitro benzene ring substituents is 1. The van der Waals surface area contributed by atoms with Gasteiger partial charge >= 0.3 is 0 Å². The highest BCUT2D eigenvalue weighted by atomic mass is 16.6. The van der Waals surface area contributed by atoms with Crippen molar-refractivity contribution in [3.05, 3.63) is 75.3 Å². The summed E-state index contributed by atoms with van der Waals surface area (Å²) in [6, 6.07) is 10.9. The highest BCUT2D eigenvalue weighted by molar-refractivity contribution is 6.46. The second-order valence-corrected chi connectivity index (χ2v) is 7.13. The van der Waals surface area contributed by atoms with Crippen LogP contribution < -0.4 is 4.74 Å². The van der Waals surface area contributed by atoms with Crippen LogP contribution in [0.2, 0.25) is 0 Å². The Bertz CT molecular complexity index is 1050. The molecule has 1 saturated heterocycles. The van der Waals surface area contributed by atoms with Crippen LogP contribution >= 0.6 is 0 Å². The van der Waals surface area contributed by atoms with E-state index in [0.29, 0.717) is 23.5 Å². The molecule has 2 N–H and O–H groups in total. The van der Waals surface area contributed by atoms with E-state index in [1.54, 1.807) is 24.3 Å². The minimum atomic E-state index is -0.963. The fraction of sp³-hybridized carbons (Fsp3) is 0.304. The van der Waals surface area contributed by atoms with Gasteiger partial charge in [-0.3, -0.25) is 19.7 Å². The van der Waals surface area contributed by atoms with Gasteiger partial charge in [0.25, 0.3) is 17.4 Å². The molecule has 1 atom stereocenters. The molecule has 1 heterocycles. The van der Waals surface area contributed by atoms with Gasteiger partial charge in [-0.25, -0.2) is 0 Å². The summed E-state index contributed by atoms with van der Waals surface area (Å²) in [5.74, 6) is -1.47. The summed E-state index contributed by atoms with van der Waals surface area (Å²) in [5.41, 5.74) is 0.475. The molecular formula is C23H24N2O8. The number of hydrogen-bond donors (Lipinski definition) is 2. The molecule has 0 saturated carbocycles. The molecule has 174 valence electrons. The summed E-state index contributed by atoms with van der Waals surface area (Å²) in [6.45, 7) is 2.26. The Balaban J connectivity index is 2.04. The number of hydrogen-bond acceptors (Lipinski definition) is 8. The Morgan fingerprint density at radius 2 is 1.76 bits per heavy atom. The molecule has 0 radical (unpaired) electrons. The number of likely N-dealkylation sites (tertiary alicyclic amines) is 1. The van der Waals surface area contributed by atoms with Gasteiger partial charge in [-0.05, 0) is 48.9 Å². The van der Waals surface area contributed by atoms with Crippen LogP contribution in [0.5, 0.6) is 5.75 Å². The van der Waals surface area contributed by atoms with Crippen LogP contribution in [-0.4, -0.2) is 64.7 Å². The molecule has 2 aromatic carbocycles. The zero-order valence-electron chi connectivity index (χ0n) is 18.0. The van der Waals surface area contributed by atoms with Crippen molar-refractivity contribution in [2.75, 3.05) is 33.0 Å². The standard InChI is InChI=1S/C23H24N2O8/c1-2-33-18-9-5-16(6-10-18)21(27)19-20(15-3-7-17(8-4-15)25(30)31)24(23(29)22(19)28)11-13-32-14-12-26/h3-10,20,26-27H,2,11-14H2,1H3/b21-19+/t20-/m1/s1. The molecule has 10 heteroatoms. The molecule has 1 aliphatic rings. The van der Waals surface area contributed by atoms with Crippen LogP contribution in [0, 0.1) is 10.1 Å². The monoisotopic (exact) mass is 456 g/mol. The van der Waals surface area contributed by atoms with E-state index >= 15 is 0 Å². The van der Waals surface area contributed by atoms with E-state index in [1.165, 1.54) is 29.2 Å². The van der Waals surface area contributed by atoms with Gasteiger partial charge in [0.1, 0.15) is 11.5 Å². The van der Waals surface area contributed by atoms with Crippen LogP contribution in [0.3, 0.4) is 0 Å². The Morgan fingerprint density at radius 3 is 2.33 bits per heavy atom. The highest BCUT2D eigenvalue weighted by Crippen LogP contribution is 2.39. The summed E-state index contributed by atoms with van der Waals surface area (Å²) in [6.07, 6.45) is 0. The summed E-state index contributed by atoms with van der Waals surface area (Å²) in [4.78, 5) is 37.5. The van der Waals surface area contributed by atoms with E-state index in [4.69, 9.17) is 14.6 Å². The Kier molecular flexibility index (Phi) is 7.75. The third-order valence-corrected chi connectivity index (χ3v) is 5.11. The number of Topliss-reactive ketones (excluding diaryl/α,β-unsaturated/α-hetero) is 1. The van der Waals surface area contributed by atoms with Gasteiger partial charge in [0.05, 0.1) is 43.0 Å². The second kappa shape index (κ2) is 10.7. The highest BCUT2D eigenvalue weighted by Gasteiger charge is 2.46. The number of nitro groups is 1. The van der Waals surface area contributed by atoms with Crippen molar-refractivity contribution in [3.63, 3.8) is 0 Å². The average molecular weight is 456 g/mol. The topological polar surface area (TPSA) is 139 Å². The maximum Gasteiger partial charge on any atom is 0.295 e. The largest absolute Gasteiger partial charge is 0.507 e. The number of carbonyl (C=O) groups is 2. The number of carbonyl (C=O) groups excluding carboxylic acids is 2. The zero-order valence-corrected chi connectivity index (χ0v) is 18.0. The van der Waals surface area contributed by atoms with Crippen LogP contribution in [0.1, 0.15) is 24.1 Å². The molecule has 1 fully saturated rings. The average Bonchev–Trinajstić information content (AvgIpc) is 3.07. The Labute approximate surface area is 189 Å². The van der Waals surface area contributed by atoms with Crippen LogP contribution in [0.4, 0.5) is 5.69 Å². The lowest BCUT2D eigenvalue weighted by atomic mass is 9.95. The van der Waals surface area contributed by atoms with E-state index < -0.39 is 22.7 Å². The third-order valence-electron chi connectivity index (χ3n) is 5.11. The SMILES string of the molecule is CCOc1ccc(/C(O)=C2\C(=O)C(=O)N(CCOCCO)[C@@H]2c2ccc([N+](=O)[O-])cc2)cc1. The van der Waals surface area contributed by atoms with Gasteiger partial charge in [-0.2, -0.15) is 0 Å². The van der Waals surface area contributed by atoms with Crippen LogP contribution in [0.15, 0.2) is 54.1 Å². The molecule has 2 aromatic rings. The normalized spacial score (nSPS) is 17.4. The predicted octanol–water partition coefficient (Wildman–Crippen LogP) is 2.42. The molecule has 1 amide bonds. The van der Waals surface area contributed by atoms with E-state index in [-0.39, 0.29) is 43.4 Å². The van der Waals surface area contributed by atoms with Crippen LogP contribution in [-0.2, 0) is 14.3 Å². The van der Waals surface area contributed by atoms with E-state index in [2.05, 4.69) is 0 Å². The van der Waals surface area contributed by atoms with Crippen LogP contribution in [0.25, 0.3) is 5.76 Å². The van der Waals surface area contributed by atoms with Crippen molar-refractivity contribution in [3.8, 4) is 5.75 Å². The minimum absolute atomic E-state index is 0.0201. The summed E-state index contributed by atoms with van der Waals surface area (Å²) in [5, 5.41) is 30.9. The lowest BCUT2D eigenvalue weighted by Gasteiger charge is -2.25. The number of nitrogens with zero attached hydrogens (tertiary/aromatic N) is 2. The quantitative estimate of drug-likeness (QED) is 0.139. The Hall–Kier alpha value is -3.76. The van der Waals surface area contributed by atoms with Gasteiger partial charge in [0, 0.05) is 24.2 Å². The fourth-order valence-corrected chi connectivity index (χ4v) is 3.60. The number of aliphatic hydroxyl groups is 2. The van der Waals surface area contributed by atoms with Crippen molar-refractivity contribution in [1.82, 2.24) is 4.90 Å². The first-order chi connectivity index (χ1) is 15.9. The van der Waals surface area contributed by atoms with Crippen molar-refractivity contribution >= 4 is 23.1 Å². The predicted molar refractivity (Wildman–Crippen MR) is 118 cm³/mol. The van der Waals surface area contributed by atoms with Crippen molar-refractivity contribution < 1.29 is 34.2 Å². The van der Waals surface area contributed by atoms with E-state index in [9.17, 15) is 24.8 Å². The van der Waals surface area contributed by atoms with E-state index in [1.807, 2.05) is 6.92 Å². The lowest BCUT2D eigenvalue weighted by molar-refractivity contribution is -0.384. The number of aliphatic hydroxyl groups excluding tert-OH is 2. The van der Waals surface area contributed by atoms with Crippen molar-refractivity contribution in [2.45, 2.75) is 13.0 Å². The van der Waals surface area contributed by atoms with Gasteiger partial charge in [-0.15, -0.1) is 0 Å². The number of benzene rings is 2. The minimum Gasteiger partial charge on any atom is -0.507 e. The molecule has 10 nitrogen and oxygen atoms in total. The fourth-order valence-electron chi connectivity index (χ4n) is 3.60. The number of amides is 1. The first kappa shape index (κ1) is 23.9. The maximum absolute atomic E-state index is 12.9. The maximum atomic E-state index is 12.9. The molecule has 0 aliphatic carbocycles. The first-order valence-corrected chi connectivity index (χ1v) is 10.3. The molecule has 0 unspecified atom stereocenters. The van der Waals surface area contributed by atoms with Gasteiger partial charge in [0.2, 0.25) is 0 Å². The number of rotatable bonds is 10. The lowest BCUT2D eigenvalue weighted by Crippen LogP contribution is -2.33. The smallest absolute Gasteiger partial charge is 0.295 e. The molecule has 3 rings (SSSR count). The summed E-state index contributed by atoms with van der Waals surface area (Å²) >= 11 is 0. The van der Waals surface area contributed by atoms with Gasteiger partial charge in [-0.1, -0.05) is 0 Å². The second-order valence-electron chi connectivity index (χ2n) is 7.13. The zero-order chi connectivity index (χ0) is 24.0. The molecule has 0 bridgehead atoms. The molecule has 33 heavy (non-hydrogen) atoms. The number of ether oxygens (including phenoxy) is 2. The summed E-state index contributed by atoms with van der Waals surface area (Å²) in [7, 11) is 0. The van der Waals surface area contributed by atoms with Crippen molar-refractivity contribution in [2.24, 2.45) is 0 Å². The molecule has 0 spiro atoms. The van der Waals surface area contributed by atoms with E-state index in [0.717, 1.165) is 0 Å².